The summed E-state index contributed by atoms with van der Waals surface area (Å²) in [6.07, 6.45) is 1.80. The Hall–Kier alpha value is -4.05. The molecule has 0 fully saturated rings. The van der Waals surface area contributed by atoms with Gasteiger partial charge in [0.15, 0.2) is 16.3 Å². The van der Waals surface area contributed by atoms with Crippen molar-refractivity contribution in [3.05, 3.63) is 118 Å². The van der Waals surface area contributed by atoms with Crippen LogP contribution in [0.15, 0.2) is 81.7 Å². The second-order valence-electron chi connectivity index (χ2n) is 9.51. The number of halogens is 2. The fraction of sp³-hybridized carbons (Fsp3) is 0.194. The molecule has 0 saturated carbocycles. The first-order chi connectivity index (χ1) is 20.3. The summed E-state index contributed by atoms with van der Waals surface area (Å²) in [4.78, 5) is 32.1. The van der Waals surface area contributed by atoms with E-state index >= 15 is 0 Å². The van der Waals surface area contributed by atoms with E-state index in [0.29, 0.717) is 53.5 Å². The number of thiazole rings is 1. The number of hydrogen-bond acceptors (Lipinski definition) is 8. The molecule has 11 heteroatoms. The van der Waals surface area contributed by atoms with E-state index in [0.717, 1.165) is 11.1 Å². The number of carbonyl (C=O) groups is 1. The van der Waals surface area contributed by atoms with Crippen molar-refractivity contribution in [2.45, 2.75) is 26.5 Å². The quantitative estimate of drug-likeness (QED) is 0.256. The van der Waals surface area contributed by atoms with E-state index < -0.39 is 12.0 Å². The topological polar surface area (TPSA) is 88.4 Å². The molecular weight excluding hydrogens is 599 g/mol. The van der Waals surface area contributed by atoms with Gasteiger partial charge in [-0.15, -0.1) is 0 Å². The summed E-state index contributed by atoms with van der Waals surface area (Å²) in [5.41, 5.74) is 2.84. The van der Waals surface area contributed by atoms with Crippen molar-refractivity contribution in [2.75, 3.05) is 13.4 Å². The van der Waals surface area contributed by atoms with Crippen LogP contribution < -0.4 is 29.1 Å². The van der Waals surface area contributed by atoms with E-state index in [4.69, 9.17) is 42.1 Å². The molecule has 42 heavy (non-hydrogen) atoms. The molecule has 0 amide bonds. The number of hydrogen-bond donors (Lipinski definition) is 0. The van der Waals surface area contributed by atoms with Crippen molar-refractivity contribution < 1.29 is 23.7 Å². The average molecular weight is 624 g/mol. The molecule has 1 atom stereocenters. The van der Waals surface area contributed by atoms with E-state index in [9.17, 15) is 9.59 Å². The van der Waals surface area contributed by atoms with E-state index in [1.165, 1.54) is 11.3 Å². The third-order valence-electron chi connectivity index (χ3n) is 6.82. The lowest BCUT2D eigenvalue weighted by Gasteiger charge is -2.24. The van der Waals surface area contributed by atoms with Crippen LogP contribution in [0.4, 0.5) is 0 Å². The predicted molar refractivity (Wildman–Crippen MR) is 160 cm³/mol. The zero-order chi connectivity index (χ0) is 29.4. The van der Waals surface area contributed by atoms with Crippen LogP contribution in [0.25, 0.3) is 6.08 Å². The number of aromatic nitrogens is 1. The second-order valence-corrected chi connectivity index (χ2v) is 11.4. The van der Waals surface area contributed by atoms with Crippen LogP contribution in [0.2, 0.25) is 10.0 Å². The van der Waals surface area contributed by atoms with E-state index in [1.54, 1.807) is 48.8 Å². The smallest absolute Gasteiger partial charge is 0.338 e. The lowest BCUT2D eigenvalue weighted by atomic mass is 9.95. The first kappa shape index (κ1) is 28.1. The van der Waals surface area contributed by atoms with Crippen molar-refractivity contribution in [1.29, 1.82) is 0 Å². The number of ether oxygens (including phenoxy) is 4. The normalized spacial score (nSPS) is 15.8. The fourth-order valence-electron chi connectivity index (χ4n) is 4.80. The minimum Gasteiger partial charge on any atom is -0.489 e. The highest BCUT2D eigenvalue weighted by atomic mass is 35.5. The number of nitrogens with zero attached hydrogens (tertiary/aromatic N) is 2. The van der Waals surface area contributed by atoms with Gasteiger partial charge in [0.05, 0.1) is 28.5 Å². The molecule has 0 radical (unpaired) electrons. The molecule has 0 bridgehead atoms. The van der Waals surface area contributed by atoms with Crippen LogP contribution in [0.3, 0.4) is 0 Å². The Morgan fingerprint density at radius 1 is 1.10 bits per heavy atom. The zero-order valence-corrected chi connectivity index (χ0v) is 24.9. The Morgan fingerprint density at radius 2 is 1.88 bits per heavy atom. The number of benzene rings is 3. The largest absolute Gasteiger partial charge is 0.489 e. The Balaban J connectivity index is 1.34. The SMILES string of the molecule is CCOC(=O)C1=C(C)N=c2s/c(=C\c3ccc(OCc4ccc(Cl)cc4Cl)cc3)c(=O)n2[C@@H]1c1ccc2c(c1)OCO2. The number of fused-ring (bicyclic) bond motifs is 2. The maximum Gasteiger partial charge on any atom is 0.338 e. The van der Waals surface area contributed by atoms with Gasteiger partial charge in [0.2, 0.25) is 6.79 Å². The summed E-state index contributed by atoms with van der Waals surface area (Å²) in [5.74, 6) is 1.28. The summed E-state index contributed by atoms with van der Waals surface area (Å²) >= 11 is 13.5. The Bertz CT molecular complexity index is 1910. The molecule has 6 rings (SSSR count). The number of allylic oxidation sites excluding steroid dienone is 1. The first-order valence-electron chi connectivity index (χ1n) is 13.1. The molecule has 214 valence electrons. The highest BCUT2D eigenvalue weighted by Gasteiger charge is 2.34. The molecule has 0 N–H and O–H groups in total. The third-order valence-corrected chi connectivity index (χ3v) is 8.39. The molecule has 0 unspecified atom stereocenters. The minimum atomic E-state index is -0.743. The molecule has 3 heterocycles. The molecular formula is C31H24Cl2N2O6S. The van der Waals surface area contributed by atoms with Crippen molar-refractivity contribution in [1.82, 2.24) is 4.57 Å². The van der Waals surface area contributed by atoms with Crippen molar-refractivity contribution in [2.24, 2.45) is 4.99 Å². The van der Waals surface area contributed by atoms with E-state index in [2.05, 4.69) is 4.99 Å². The van der Waals surface area contributed by atoms with Crippen LogP contribution in [0.1, 0.15) is 36.6 Å². The Labute approximate surface area is 254 Å². The van der Waals surface area contributed by atoms with E-state index in [1.807, 2.05) is 36.4 Å². The molecule has 8 nitrogen and oxygen atoms in total. The van der Waals surface area contributed by atoms with Crippen LogP contribution in [0, 0.1) is 0 Å². The lowest BCUT2D eigenvalue weighted by Crippen LogP contribution is -2.39. The maximum absolute atomic E-state index is 13.9. The predicted octanol–water partition coefficient (Wildman–Crippen LogP) is 5.41. The number of carbonyl (C=O) groups excluding carboxylic acids is 1. The van der Waals surface area contributed by atoms with Gasteiger partial charge in [0, 0.05) is 15.6 Å². The third kappa shape index (κ3) is 5.43. The summed E-state index contributed by atoms with van der Waals surface area (Å²) < 4.78 is 24.3. The second kappa shape index (κ2) is 11.7. The molecule has 0 aliphatic carbocycles. The van der Waals surface area contributed by atoms with Gasteiger partial charge < -0.3 is 18.9 Å². The highest BCUT2D eigenvalue weighted by Crippen LogP contribution is 2.38. The van der Waals surface area contributed by atoms with Crippen molar-refractivity contribution >= 4 is 46.6 Å². The monoisotopic (exact) mass is 622 g/mol. The van der Waals surface area contributed by atoms with Crippen molar-refractivity contribution in [3.63, 3.8) is 0 Å². The van der Waals surface area contributed by atoms with Gasteiger partial charge >= 0.3 is 5.97 Å². The summed E-state index contributed by atoms with van der Waals surface area (Å²) in [6, 6.07) is 17.3. The van der Waals surface area contributed by atoms with Gasteiger partial charge in [-0.25, -0.2) is 9.79 Å². The van der Waals surface area contributed by atoms with Gasteiger partial charge in [-0.1, -0.05) is 58.8 Å². The Kier molecular flexibility index (Phi) is 7.81. The average Bonchev–Trinajstić information content (AvgIpc) is 3.56. The zero-order valence-electron chi connectivity index (χ0n) is 22.6. The lowest BCUT2D eigenvalue weighted by molar-refractivity contribution is -0.139. The molecule has 4 aromatic rings. The summed E-state index contributed by atoms with van der Waals surface area (Å²) in [7, 11) is 0. The molecule has 3 aromatic carbocycles. The van der Waals surface area contributed by atoms with Crippen LogP contribution in [-0.2, 0) is 16.1 Å². The van der Waals surface area contributed by atoms with Crippen molar-refractivity contribution in [3.8, 4) is 17.2 Å². The van der Waals surface area contributed by atoms with Gasteiger partial charge in [-0.3, -0.25) is 9.36 Å². The number of esters is 1. The highest BCUT2D eigenvalue weighted by molar-refractivity contribution is 7.07. The Morgan fingerprint density at radius 3 is 2.64 bits per heavy atom. The molecule has 0 spiro atoms. The molecule has 0 saturated heterocycles. The van der Waals surface area contributed by atoms with Crippen LogP contribution in [-0.4, -0.2) is 23.9 Å². The first-order valence-corrected chi connectivity index (χ1v) is 14.7. The molecule has 2 aliphatic rings. The fourth-order valence-corrected chi connectivity index (χ4v) is 6.31. The van der Waals surface area contributed by atoms with Gasteiger partial charge in [0.1, 0.15) is 12.4 Å². The molecule has 2 aliphatic heterocycles. The van der Waals surface area contributed by atoms with Crippen LogP contribution >= 0.6 is 34.5 Å². The van der Waals surface area contributed by atoms with Gasteiger partial charge in [-0.2, -0.15) is 0 Å². The summed E-state index contributed by atoms with van der Waals surface area (Å²) in [5, 5.41) is 1.10. The standard InChI is InChI=1S/C31H24Cl2N2O6S/c1-3-38-30(37)27-17(2)34-31-35(28(27)19-7-11-24-25(13-19)41-16-40-24)29(36)26(42-31)12-18-4-9-22(10-5-18)39-15-20-6-8-21(32)14-23(20)33/h4-14,28H,3,15-16H2,1-2H3/b26-12-/t28-/m1/s1. The van der Waals surface area contributed by atoms with Crippen LogP contribution in [0.5, 0.6) is 17.2 Å². The maximum atomic E-state index is 13.9. The summed E-state index contributed by atoms with van der Waals surface area (Å²) in [6.45, 7) is 4.08. The van der Waals surface area contributed by atoms with Gasteiger partial charge in [-0.05, 0) is 67.4 Å². The van der Waals surface area contributed by atoms with E-state index in [-0.39, 0.29) is 25.6 Å². The van der Waals surface area contributed by atoms with Gasteiger partial charge in [0.25, 0.3) is 5.56 Å². The minimum absolute atomic E-state index is 0.111. The number of rotatable bonds is 7. The molecule has 1 aromatic heterocycles.